The van der Waals surface area contributed by atoms with Crippen LogP contribution in [0.2, 0.25) is 0 Å². The monoisotopic (exact) mass is 279 g/mol. The van der Waals surface area contributed by atoms with Crippen molar-refractivity contribution in [2.45, 2.75) is 63.7 Å². The number of hydrogen-bond acceptors (Lipinski definition) is 3. The van der Waals surface area contributed by atoms with Crippen LogP contribution in [0.5, 0.6) is 0 Å². The molecule has 1 heterocycles. The van der Waals surface area contributed by atoms with Crippen LogP contribution < -0.4 is 0 Å². The molecule has 0 aliphatic heterocycles. The summed E-state index contributed by atoms with van der Waals surface area (Å²) in [7, 11) is 0. The van der Waals surface area contributed by atoms with Gasteiger partial charge >= 0.3 is 5.97 Å². The van der Waals surface area contributed by atoms with Crippen molar-refractivity contribution in [3.63, 3.8) is 0 Å². The Bertz CT molecular complexity index is 470. The molecule has 19 heavy (non-hydrogen) atoms. The van der Waals surface area contributed by atoms with Gasteiger partial charge in [0.25, 0.3) is 0 Å². The Labute approximate surface area is 118 Å². The molecule has 0 amide bonds. The highest BCUT2D eigenvalue weighted by atomic mass is 32.1. The van der Waals surface area contributed by atoms with Crippen molar-refractivity contribution in [3.05, 3.63) is 15.6 Å². The molecule has 2 fully saturated rings. The third kappa shape index (κ3) is 2.69. The number of aromatic nitrogens is 1. The van der Waals surface area contributed by atoms with Crippen LogP contribution in [0.4, 0.5) is 0 Å². The number of carboxylic acids is 1. The fraction of sp³-hybridized carbons (Fsp3) is 0.733. The van der Waals surface area contributed by atoms with Crippen molar-refractivity contribution in [2.24, 2.45) is 5.92 Å². The first-order valence-corrected chi connectivity index (χ1v) is 8.24. The average Bonchev–Trinajstić information content (AvgIpc) is 3.17. The quantitative estimate of drug-likeness (QED) is 0.888. The Kier molecular flexibility index (Phi) is 3.61. The lowest BCUT2D eigenvalue weighted by Gasteiger charge is -2.26. The van der Waals surface area contributed by atoms with Crippen molar-refractivity contribution in [1.29, 1.82) is 0 Å². The van der Waals surface area contributed by atoms with E-state index in [1.165, 1.54) is 43.4 Å². The predicted octanol–water partition coefficient (Wildman–Crippen LogP) is 4.40. The summed E-state index contributed by atoms with van der Waals surface area (Å²) in [6.07, 6.45) is 8.45. The second kappa shape index (κ2) is 5.23. The number of nitrogens with zero attached hydrogens (tertiary/aromatic N) is 1. The lowest BCUT2D eigenvalue weighted by molar-refractivity contribution is 0.0700. The zero-order valence-electron chi connectivity index (χ0n) is 11.4. The van der Waals surface area contributed by atoms with Gasteiger partial charge in [-0.3, -0.25) is 0 Å². The number of carbonyl (C=O) groups is 1. The summed E-state index contributed by atoms with van der Waals surface area (Å²) < 4.78 is 0. The fourth-order valence-electron chi connectivity index (χ4n) is 3.13. The van der Waals surface area contributed by atoms with Crippen molar-refractivity contribution in [3.8, 4) is 0 Å². The molecule has 0 aromatic carbocycles. The molecule has 3 nitrogen and oxygen atoms in total. The maximum atomic E-state index is 11.3. The zero-order valence-corrected chi connectivity index (χ0v) is 12.2. The Balaban J connectivity index is 1.78. The minimum Gasteiger partial charge on any atom is -0.477 e. The average molecular weight is 279 g/mol. The SMILES string of the molecule is CCC1CCC(c2nc(C3CC3)c(C(=O)O)s2)CC1. The number of rotatable bonds is 4. The highest BCUT2D eigenvalue weighted by Gasteiger charge is 2.34. The van der Waals surface area contributed by atoms with Gasteiger partial charge in [0.1, 0.15) is 4.88 Å². The van der Waals surface area contributed by atoms with Gasteiger partial charge < -0.3 is 5.11 Å². The standard InChI is InChI=1S/C15H21NO2S/c1-2-9-3-5-11(6-4-9)14-16-12(10-7-8-10)13(19-14)15(17)18/h9-11H,2-8H2,1H3,(H,17,18). The second-order valence-electron chi connectivity index (χ2n) is 5.97. The van der Waals surface area contributed by atoms with E-state index in [4.69, 9.17) is 4.98 Å². The van der Waals surface area contributed by atoms with Crippen LogP contribution in [0.25, 0.3) is 0 Å². The number of aromatic carboxylic acids is 1. The van der Waals surface area contributed by atoms with Crippen molar-refractivity contribution in [2.75, 3.05) is 0 Å². The third-order valence-electron chi connectivity index (χ3n) is 4.60. The first-order chi connectivity index (χ1) is 9.19. The van der Waals surface area contributed by atoms with Gasteiger partial charge in [-0.15, -0.1) is 11.3 Å². The molecule has 0 spiro atoms. The number of thiazole rings is 1. The van der Waals surface area contributed by atoms with Gasteiger partial charge in [-0.1, -0.05) is 13.3 Å². The van der Waals surface area contributed by atoms with E-state index in [0.29, 0.717) is 16.7 Å². The maximum absolute atomic E-state index is 11.3. The molecule has 2 aliphatic rings. The first kappa shape index (κ1) is 13.1. The second-order valence-corrected chi connectivity index (χ2v) is 7.00. The van der Waals surface area contributed by atoms with E-state index in [0.717, 1.165) is 29.5 Å². The topological polar surface area (TPSA) is 50.2 Å². The van der Waals surface area contributed by atoms with Gasteiger partial charge in [-0.2, -0.15) is 0 Å². The molecular weight excluding hydrogens is 258 g/mol. The highest BCUT2D eigenvalue weighted by molar-refractivity contribution is 7.13. The van der Waals surface area contributed by atoms with E-state index in [2.05, 4.69) is 6.92 Å². The van der Waals surface area contributed by atoms with Crippen LogP contribution in [0.1, 0.15) is 84.1 Å². The van der Waals surface area contributed by atoms with Crippen LogP contribution in [0, 0.1) is 5.92 Å². The molecule has 0 bridgehead atoms. The summed E-state index contributed by atoms with van der Waals surface area (Å²) in [5.41, 5.74) is 0.880. The molecule has 2 aliphatic carbocycles. The van der Waals surface area contributed by atoms with E-state index in [9.17, 15) is 9.90 Å². The molecule has 0 saturated heterocycles. The lowest BCUT2D eigenvalue weighted by Crippen LogP contribution is -2.12. The predicted molar refractivity (Wildman–Crippen MR) is 76.0 cm³/mol. The van der Waals surface area contributed by atoms with Crippen LogP contribution in [0.3, 0.4) is 0 Å². The fourth-order valence-corrected chi connectivity index (χ4v) is 4.29. The summed E-state index contributed by atoms with van der Waals surface area (Å²) in [4.78, 5) is 16.5. The first-order valence-electron chi connectivity index (χ1n) is 7.43. The van der Waals surface area contributed by atoms with Crippen molar-refractivity contribution in [1.82, 2.24) is 4.98 Å². The maximum Gasteiger partial charge on any atom is 0.347 e. The molecule has 1 N–H and O–H groups in total. The summed E-state index contributed by atoms with van der Waals surface area (Å²) in [6.45, 7) is 2.27. The highest BCUT2D eigenvalue weighted by Crippen LogP contribution is 2.45. The van der Waals surface area contributed by atoms with E-state index >= 15 is 0 Å². The van der Waals surface area contributed by atoms with Crippen LogP contribution in [0.15, 0.2) is 0 Å². The molecule has 3 rings (SSSR count). The zero-order chi connectivity index (χ0) is 13.4. The van der Waals surface area contributed by atoms with E-state index < -0.39 is 5.97 Å². The van der Waals surface area contributed by atoms with Crippen LogP contribution in [-0.4, -0.2) is 16.1 Å². The molecule has 0 unspecified atom stereocenters. The molecule has 2 saturated carbocycles. The molecule has 0 radical (unpaired) electrons. The Hall–Kier alpha value is -0.900. The van der Waals surface area contributed by atoms with E-state index in [1.807, 2.05) is 0 Å². The Morgan fingerprint density at radius 1 is 1.21 bits per heavy atom. The summed E-state index contributed by atoms with van der Waals surface area (Å²) in [5, 5.41) is 10.4. The summed E-state index contributed by atoms with van der Waals surface area (Å²) >= 11 is 1.44. The van der Waals surface area contributed by atoms with E-state index in [1.54, 1.807) is 0 Å². The van der Waals surface area contributed by atoms with E-state index in [-0.39, 0.29) is 0 Å². The largest absolute Gasteiger partial charge is 0.477 e. The summed E-state index contributed by atoms with van der Waals surface area (Å²) in [6, 6.07) is 0. The van der Waals surface area contributed by atoms with Gasteiger partial charge in [-0.05, 0) is 44.4 Å². The van der Waals surface area contributed by atoms with Gasteiger partial charge in [0.2, 0.25) is 0 Å². The van der Waals surface area contributed by atoms with Crippen molar-refractivity contribution < 1.29 is 9.90 Å². The van der Waals surface area contributed by atoms with Gasteiger partial charge in [-0.25, -0.2) is 9.78 Å². The normalized spacial score (nSPS) is 27.4. The molecule has 1 aromatic rings. The smallest absolute Gasteiger partial charge is 0.347 e. The minimum atomic E-state index is -0.784. The van der Waals surface area contributed by atoms with Crippen LogP contribution in [-0.2, 0) is 0 Å². The van der Waals surface area contributed by atoms with Gasteiger partial charge in [0, 0.05) is 11.8 Å². The number of carboxylic acid groups (broad SMARTS) is 1. The third-order valence-corrected chi connectivity index (χ3v) is 5.82. The molecule has 0 atom stereocenters. The van der Waals surface area contributed by atoms with Gasteiger partial charge in [0.15, 0.2) is 0 Å². The lowest BCUT2D eigenvalue weighted by atomic mass is 9.81. The van der Waals surface area contributed by atoms with Gasteiger partial charge in [0.05, 0.1) is 10.7 Å². The molecule has 104 valence electrons. The Morgan fingerprint density at radius 3 is 2.37 bits per heavy atom. The number of hydrogen-bond donors (Lipinski definition) is 1. The molecule has 1 aromatic heterocycles. The van der Waals surface area contributed by atoms with Crippen molar-refractivity contribution >= 4 is 17.3 Å². The Morgan fingerprint density at radius 2 is 1.84 bits per heavy atom. The molecular formula is C15H21NO2S. The minimum absolute atomic E-state index is 0.433. The van der Waals surface area contributed by atoms with Crippen LogP contribution >= 0.6 is 11.3 Å². The molecule has 4 heteroatoms. The summed E-state index contributed by atoms with van der Waals surface area (Å²) in [5.74, 6) is 1.03.